The molecule has 33 heavy (non-hydrogen) atoms. The van der Waals surface area contributed by atoms with E-state index in [-0.39, 0.29) is 12.3 Å². The summed E-state index contributed by atoms with van der Waals surface area (Å²) in [7, 11) is 3.33. The van der Waals surface area contributed by atoms with Gasteiger partial charge in [0, 0.05) is 11.1 Å². The van der Waals surface area contributed by atoms with Gasteiger partial charge in [0.05, 0.1) is 14.2 Å². The third-order valence-corrected chi connectivity index (χ3v) is 5.75. The van der Waals surface area contributed by atoms with Crippen molar-refractivity contribution in [3.63, 3.8) is 0 Å². The number of hydrazine groups is 1. The van der Waals surface area contributed by atoms with Gasteiger partial charge in [0.25, 0.3) is 0 Å². The van der Waals surface area contributed by atoms with Crippen LogP contribution in [0.4, 0.5) is 0 Å². The first-order valence-corrected chi connectivity index (χ1v) is 10.8. The zero-order valence-corrected chi connectivity index (χ0v) is 18.6. The van der Waals surface area contributed by atoms with E-state index in [2.05, 4.69) is 69.3 Å². The maximum absolute atomic E-state index is 5.66. The molecule has 2 aliphatic heterocycles. The smallest absolute Gasteiger partial charge is 0.225 e. The highest BCUT2D eigenvalue weighted by Gasteiger charge is 2.27. The van der Waals surface area contributed by atoms with Gasteiger partial charge >= 0.3 is 0 Å². The summed E-state index contributed by atoms with van der Waals surface area (Å²) in [5, 5.41) is 10.5. The quantitative estimate of drug-likeness (QED) is 0.401. The molecule has 0 fully saturated rings. The van der Waals surface area contributed by atoms with Crippen molar-refractivity contribution in [2.24, 2.45) is 0 Å². The second kappa shape index (κ2) is 9.18. The Labute approximate surface area is 193 Å². The molecule has 2 atom stereocenters. The number of hydrogen-bond donors (Lipinski definition) is 5. The van der Waals surface area contributed by atoms with Crippen LogP contribution >= 0.6 is 0 Å². The van der Waals surface area contributed by atoms with E-state index in [0.717, 1.165) is 33.6 Å². The van der Waals surface area contributed by atoms with E-state index in [9.17, 15) is 0 Å². The molecule has 0 radical (unpaired) electrons. The maximum atomic E-state index is 5.66. The highest BCUT2D eigenvalue weighted by Crippen LogP contribution is 2.30. The molecule has 2 unspecified atom stereocenters. The molecule has 0 bridgehead atoms. The molecule has 0 amide bonds. The number of rotatable bonds is 6. The summed E-state index contributed by atoms with van der Waals surface area (Å²) in [6.45, 7) is 0. The van der Waals surface area contributed by atoms with Gasteiger partial charge in [-0.3, -0.25) is 5.43 Å². The predicted octanol–water partition coefficient (Wildman–Crippen LogP) is 3.52. The lowest BCUT2D eigenvalue weighted by Crippen LogP contribution is -2.47. The number of hydrogen-bond acceptors (Lipinski definition) is 7. The molecule has 0 aliphatic carbocycles. The predicted molar refractivity (Wildman–Crippen MR) is 128 cm³/mol. The van der Waals surface area contributed by atoms with Gasteiger partial charge in [-0.2, -0.15) is 0 Å². The molecular weight excluding hydrogens is 414 g/mol. The van der Waals surface area contributed by atoms with E-state index >= 15 is 0 Å². The van der Waals surface area contributed by atoms with Crippen LogP contribution in [0.3, 0.4) is 0 Å². The van der Waals surface area contributed by atoms with Gasteiger partial charge < -0.3 is 25.4 Å². The Morgan fingerprint density at radius 1 is 0.576 bits per heavy atom. The summed E-state index contributed by atoms with van der Waals surface area (Å²) in [6, 6.07) is 28.7. The summed E-state index contributed by atoms with van der Waals surface area (Å²) < 4.78 is 11.3. The van der Waals surface area contributed by atoms with Crippen LogP contribution in [0.5, 0.6) is 0 Å². The van der Waals surface area contributed by atoms with E-state index in [0.29, 0.717) is 11.8 Å². The Hall–Kier alpha value is -4.10. The molecule has 0 aromatic heterocycles. The van der Waals surface area contributed by atoms with E-state index in [1.54, 1.807) is 14.2 Å². The second-order valence-electron chi connectivity index (χ2n) is 7.79. The van der Waals surface area contributed by atoms with Crippen molar-refractivity contribution in [1.82, 2.24) is 26.8 Å². The fourth-order valence-corrected chi connectivity index (χ4v) is 4.09. The van der Waals surface area contributed by atoms with E-state index in [1.807, 2.05) is 42.5 Å². The molecule has 3 aromatic rings. The SMILES string of the molecule is COC1=C(c2cccc(C3=C(OC)NC(c4ccccc4)N3)c2)NC(c2ccccc2)NN1. The average Bonchev–Trinajstić information content (AvgIpc) is 3.34. The van der Waals surface area contributed by atoms with Crippen molar-refractivity contribution in [2.75, 3.05) is 14.2 Å². The first-order valence-electron chi connectivity index (χ1n) is 10.8. The van der Waals surface area contributed by atoms with Crippen molar-refractivity contribution < 1.29 is 9.47 Å². The van der Waals surface area contributed by atoms with Crippen molar-refractivity contribution >= 4 is 11.4 Å². The van der Waals surface area contributed by atoms with Crippen LogP contribution in [0.25, 0.3) is 11.4 Å². The first kappa shape index (κ1) is 20.8. The van der Waals surface area contributed by atoms with E-state index in [4.69, 9.17) is 9.47 Å². The number of ether oxygens (including phenoxy) is 2. The molecule has 5 N–H and O–H groups in total. The monoisotopic (exact) mass is 441 g/mol. The first-order chi connectivity index (χ1) is 16.3. The van der Waals surface area contributed by atoms with Crippen molar-refractivity contribution in [2.45, 2.75) is 12.3 Å². The van der Waals surface area contributed by atoms with E-state index < -0.39 is 0 Å². The minimum Gasteiger partial charge on any atom is -0.481 e. The van der Waals surface area contributed by atoms with Gasteiger partial charge in [-0.1, -0.05) is 78.9 Å². The Morgan fingerprint density at radius 3 is 1.73 bits per heavy atom. The van der Waals surface area contributed by atoms with E-state index in [1.165, 1.54) is 0 Å². The van der Waals surface area contributed by atoms with Crippen LogP contribution in [-0.2, 0) is 9.47 Å². The maximum Gasteiger partial charge on any atom is 0.225 e. The number of methoxy groups -OCH3 is 2. The number of nitrogens with one attached hydrogen (secondary N) is 5. The van der Waals surface area contributed by atoms with Gasteiger partial charge in [-0.25, -0.2) is 5.43 Å². The molecule has 3 aromatic carbocycles. The topological polar surface area (TPSA) is 78.6 Å². The summed E-state index contributed by atoms with van der Waals surface area (Å²) in [5.74, 6) is 1.33. The van der Waals surface area contributed by atoms with Gasteiger partial charge in [0.2, 0.25) is 11.8 Å². The lowest BCUT2D eigenvalue weighted by Gasteiger charge is -2.31. The molecule has 0 saturated carbocycles. The molecule has 0 spiro atoms. The van der Waals surface area contributed by atoms with Crippen molar-refractivity contribution in [1.29, 1.82) is 0 Å². The summed E-state index contributed by atoms with van der Waals surface area (Å²) in [4.78, 5) is 0. The minimum atomic E-state index is -0.105. The van der Waals surface area contributed by atoms with Gasteiger partial charge in [0.15, 0.2) is 0 Å². The largest absolute Gasteiger partial charge is 0.481 e. The molecule has 168 valence electrons. The Morgan fingerprint density at radius 2 is 1.12 bits per heavy atom. The van der Waals surface area contributed by atoms with Gasteiger partial charge in [-0.15, -0.1) is 0 Å². The van der Waals surface area contributed by atoms with Crippen LogP contribution in [0.1, 0.15) is 34.6 Å². The van der Waals surface area contributed by atoms with Crippen LogP contribution in [0.2, 0.25) is 0 Å². The molecule has 7 heteroatoms. The molecule has 0 saturated heterocycles. The molecule has 2 aliphatic rings. The third kappa shape index (κ3) is 4.18. The minimum absolute atomic E-state index is 0.0605. The lowest BCUT2D eigenvalue weighted by atomic mass is 10.0. The molecule has 5 rings (SSSR count). The zero-order chi connectivity index (χ0) is 22.6. The van der Waals surface area contributed by atoms with Crippen LogP contribution in [0, 0.1) is 0 Å². The van der Waals surface area contributed by atoms with Gasteiger partial charge in [0.1, 0.15) is 23.7 Å². The Bertz CT molecular complexity index is 1180. The summed E-state index contributed by atoms with van der Waals surface area (Å²) >= 11 is 0. The van der Waals surface area contributed by atoms with Crippen LogP contribution in [0.15, 0.2) is 96.7 Å². The van der Waals surface area contributed by atoms with Crippen LogP contribution in [-0.4, -0.2) is 14.2 Å². The fraction of sp³-hybridized carbons (Fsp3) is 0.154. The van der Waals surface area contributed by atoms with Gasteiger partial charge in [-0.05, 0) is 17.2 Å². The van der Waals surface area contributed by atoms with Crippen LogP contribution < -0.4 is 26.8 Å². The second-order valence-corrected chi connectivity index (χ2v) is 7.79. The van der Waals surface area contributed by atoms with Crippen molar-refractivity contribution in [3.05, 3.63) is 119 Å². The zero-order valence-electron chi connectivity index (χ0n) is 18.6. The standard InChI is InChI=1S/C26H27N5O2/c1-32-25-21(27-23(29-25)17-10-5-3-6-11-17)19-14-9-15-20(16-19)22-26(33-2)31-30-24(28-22)18-12-7-4-8-13-18/h3-16,23-24,27-31H,1-2H3. The summed E-state index contributed by atoms with van der Waals surface area (Å²) in [5.41, 5.74) is 12.5. The Balaban J connectivity index is 1.45. The number of benzene rings is 3. The normalized spacial score (nSPS) is 19.8. The molecule has 7 nitrogen and oxygen atoms in total. The fourth-order valence-electron chi connectivity index (χ4n) is 4.09. The highest BCUT2D eigenvalue weighted by molar-refractivity contribution is 5.74. The molecular formula is C26H27N5O2. The average molecular weight is 442 g/mol. The van der Waals surface area contributed by atoms with Crippen molar-refractivity contribution in [3.8, 4) is 0 Å². The highest BCUT2D eigenvalue weighted by atomic mass is 16.5. The third-order valence-electron chi connectivity index (χ3n) is 5.75. The summed E-state index contributed by atoms with van der Waals surface area (Å²) in [6.07, 6.45) is -0.166. The molecule has 2 heterocycles. The Kier molecular flexibility index (Phi) is 5.78. The lowest BCUT2D eigenvalue weighted by molar-refractivity contribution is 0.222.